The Bertz CT molecular complexity index is 888. The summed E-state index contributed by atoms with van der Waals surface area (Å²) in [7, 11) is 4.67. The summed E-state index contributed by atoms with van der Waals surface area (Å²) in [5.74, 6) is 1.36. The number of anilines is 1. The molecular formula is C20H20N2O4. The van der Waals surface area contributed by atoms with E-state index in [9.17, 15) is 4.79 Å². The number of hydrogen-bond donors (Lipinski definition) is 0. The first-order chi connectivity index (χ1) is 12.6. The van der Waals surface area contributed by atoms with Crippen molar-refractivity contribution >= 4 is 23.1 Å². The molecule has 26 heavy (non-hydrogen) atoms. The molecule has 0 atom stereocenters. The normalized spacial score (nSPS) is 15.6. The molecule has 0 radical (unpaired) electrons. The summed E-state index contributed by atoms with van der Waals surface area (Å²) in [5, 5.41) is 5.78. The van der Waals surface area contributed by atoms with Gasteiger partial charge in [0.15, 0.2) is 11.5 Å². The Labute approximate surface area is 152 Å². The number of carbonyl (C=O) groups is 1. The van der Waals surface area contributed by atoms with Crippen molar-refractivity contribution in [3.05, 3.63) is 59.7 Å². The Morgan fingerprint density at radius 2 is 1.65 bits per heavy atom. The van der Waals surface area contributed by atoms with E-state index < -0.39 is 0 Å². The number of hydrazone groups is 1. The molecule has 0 saturated heterocycles. The highest BCUT2D eigenvalue weighted by Gasteiger charge is 2.33. The van der Waals surface area contributed by atoms with Crippen LogP contribution in [0.25, 0.3) is 5.76 Å². The van der Waals surface area contributed by atoms with Gasteiger partial charge in [0.05, 0.1) is 32.7 Å². The van der Waals surface area contributed by atoms with Crippen LogP contribution >= 0.6 is 0 Å². The van der Waals surface area contributed by atoms with Crippen LogP contribution < -0.4 is 14.5 Å². The largest absolute Gasteiger partial charge is 0.495 e. The molecular weight excluding hydrogens is 332 g/mol. The molecule has 0 N–H and O–H groups in total. The van der Waals surface area contributed by atoms with Crippen LogP contribution in [0, 0.1) is 0 Å². The first-order valence-corrected chi connectivity index (χ1v) is 8.06. The van der Waals surface area contributed by atoms with Gasteiger partial charge in [-0.3, -0.25) is 4.79 Å². The summed E-state index contributed by atoms with van der Waals surface area (Å²) >= 11 is 0. The van der Waals surface area contributed by atoms with Crippen molar-refractivity contribution in [2.45, 2.75) is 6.92 Å². The van der Waals surface area contributed by atoms with Crippen molar-refractivity contribution in [1.29, 1.82) is 0 Å². The number of methoxy groups -OCH3 is 3. The number of rotatable bonds is 5. The lowest BCUT2D eigenvalue weighted by Gasteiger charge is -2.14. The molecule has 0 unspecified atom stereocenters. The maximum Gasteiger partial charge on any atom is 0.284 e. The number of hydrogen-bond acceptors (Lipinski definition) is 5. The van der Waals surface area contributed by atoms with Crippen molar-refractivity contribution in [3.8, 4) is 11.5 Å². The standard InChI is InChI=1S/C20H20N2O4/c1-13-18(20(23)22(21-13)15-8-6-5-7-9-15)19(26-4)14-10-11-16(24-2)17(12-14)25-3/h5-12H,1-4H3. The fourth-order valence-electron chi connectivity index (χ4n) is 2.85. The summed E-state index contributed by atoms with van der Waals surface area (Å²) in [4.78, 5) is 13.0. The highest BCUT2D eigenvalue weighted by molar-refractivity contribution is 6.33. The SMILES string of the molecule is COC(=C1C(=O)N(c2ccccc2)N=C1C)c1ccc(OC)c(OC)c1. The second-order valence-electron chi connectivity index (χ2n) is 5.62. The van der Waals surface area contributed by atoms with Crippen LogP contribution in [-0.4, -0.2) is 32.9 Å². The van der Waals surface area contributed by atoms with Crippen LogP contribution in [0.15, 0.2) is 59.2 Å². The fourth-order valence-corrected chi connectivity index (χ4v) is 2.85. The van der Waals surface area contributed by atoms with Gasteiger partial charge >= 0.3 is 0 Å². The third-order valence-corrected chi connectivity index (χ3v) is 4.10. The number of benzene rings is 2. The molecule has 2 aromatic carbocycles. The van der Waals surface area contributed by atoms with Gasteiger partial charge in [-0.25, -0.2) is 0 Å². The Morgan fingerprint density at radius 3 is 2.27 bits per heavy atom. The molecule has 6 heteroatoms. The van der Waals surface area contributed by atoms with Crippen LogP contribution in [0.3, 0.4) is 0 Å². The summed E-state index contributed by atoms with van der Waals surface area (Å²) in [6.07, 6.45) is 0. The molecule has 0 bridgehead atoms. The predicted molar refractivity (Wildman–Crippen MR) is 101 cm³/mol. The van der Waals surface area contributed by atoms with Gasteiger partial charge in [-0.05, 0) is 37.3 Å². The van der Waals surface area contributed by atoms with E-state index in [2.05, 4.69) is 5.10 Å². The minimum Gasteiger partial charge on any atom is -0.495 e. The van der Waals surface area contributed by atoms with Gasteiger partial charge < -0.3 is 14.2 Å². The quantitative estimate of drug-likeness (QED) is 0.610. The van der Waals surface area contributed by atoms with E-state index in [1.165, 1.54) is 12.1 Å². The molecule has 0 aromatic heterocycles. The zero-order chi connectivity index (χ0) is 18.7. The lowest BCUT2D eigenvalue weighted by atomic mass is 10.0. The number of nitrogens with zero attached hydrogens (tertiary/aromatic N) is 2. The monoisotopic (exact) mass is 352 g/mol. The minimum absolute atomic E-state index is 0.236. The molecule has 134 valence electrons. The van der Waals surface area contributed by atoms with Crippen LogP contribution in [0.1, 0.15) is 12.5 Å². The van der Waals surface area contributed by atoms with Gasteiger partial charge in [0.1, 0.15) is 11.3 Å². The Morgan fingerprint density at radius 1 is 0.962 bits per heavy atom. The lowest BCUT2D eigenvalue weighted by molar-refractivity contribution is -0.114. The fraction of sp³-hybridized carbons (Fsp3) is 0.200. The van der Waals surface area contributed by atoms with E-state index in [0.717, 1.165) is 0 Å². The molecule has 0 aliphatic carbocycles. The van der Waals surface area contributed by atoms with Crippen molar-refractivity contribution in [3.63, 3.8) is 0 Å². The van der Waals surface area contributed by atoms with Gasteiger partial charge in [-0.15, -0.1) is 0 Å². The number of para-hydroxylation sites is 1. The molecule has 1 heterocycles. The van der Waals surface area contributed by atoms with Gasteiger partial charge in [-0.2, -0.15) is 10.1 Å². The minimum atomic E-state index is -0.236. The molecule has 6 nitrogen and oxygen atoms in total. The average Bonchev–Trinajstić information content (AvgIpc) is 2.98. The highest BCUT2D eigenvalue weighted by atomic mass is 16.5. The molecule has 1 aliphatic heterocycles. The second kappa shape index (κ2) is 7.31. The van der Waals surface area contributed by atoms with Crippen LogP contribution in [0.2, 0.25) is 0 Å². The predicted octanol–water partition coefficient (Wildman–Crippen LogP) is 3.48. The van der Waals surface area contributed by atoms with Crippen molar-refractivity contribution < 1.29 is 19.0 Å². The second-order valence-corrected chi connectivity index (χ2v) is 5.62. The summed E-state index contributed by atoms with van der Waals surface area (Å²) in [6.45, 7) is 1.79. The van der Waals surface area contributed by atoms with E-state index in [1.54, 1.807) is 33.3 Å². The van der Waals surface area contributed by atoms with Crippen LogP contribution in [-0.2, 0) is 9.53 Å². The van der Waals surface area contributed by atoms with Gasteiger partial charge in [0, 0.05) is 5.56 Å². The van der Waals surface area contributed by atoms with Gasteiger partial charge in [0.25, 0.3) is 5.91 Å². The molecule has 3 rings (SSSR count). The molecule has 0 saturated carbocycles. The number of ether oxygens (including phenoxy) is 3. The summed E-state index contributed by atoms with van der Waals surface area (Å²) in [6, 6.07) is 14.6. The number of amides is 1. The Balaban J connectivity index is 2.08. The molecule has 1 aliphatic rings. The van der Waals surface area contributed by atoms with E-state index in [0.29, 0.717) is 39.8 Å². The van der Waals surface area contributed by atoms with Crippen molar-refractivity contribution in [1.82, 2.24) is 0 Å². The average molecular weight is 352 g/mol. The maximum absolute atomic E-state index is 13.0. The zero-order valence-corrected chi connectivity index (χ0v) is 15.1. The Kier molecular flexibility index (Phi) is 4.93. The third kappa shape index (κ3) is 3.01. The zero-order valence-electron chi connectivity index (χ0n) is 15.1. The van der Waals surface area contributed by atoms with E-state index in [4.69, 9.17) is 14.2 Å². The molecule has 0 fully saturated rings. The van der Waals surface area contributed by atoms with Crippen molar-refractivity contribution in [2.75, 3.05) is 26.3 Å². The van der Waals surface area contributed by atoms with E-state index in [-0.39, 0.29) is 5.91 Å². The van der Waals surface area contributed by atoms with Gasteiger partial charge in [-0.1, -0.05) is 18.2 Å². The summed E-state index contributed by atoms with van der Waals surface area (Å²) < 4.78 is 16.2. The summed E-state index contributed by atoms with van der Waals surface area (Å²) in [5.41, 5.74) is 2.42. The van der Waals surface area contributed by atoms with E-state index in [1.807, 2.05) is 36.4 Å². The first-order valence-electron chi connectivity index (χ1n) is 8.06. The molecule has 0 spiro atoms. The first kappa shape index (κ1) is 17.5. The number of carbonyl (C=O) groups excluding carboxylic acids is 1. The van der Waals surface area contributed by atoms with Crippen molar-refractivity contribution in [2.24, 2.45) is 5.10 Å². The lowest BCUT2D eigenvalue weighted by Crippen LogP contribution is -2.22. The van der Waals surface area contributed by atoms with E-state index >= 15 is 0 Å². The maximum atomic E-state index is 13.0. The topological polar surface area (TPSA) is 60.4 Å². The van der Waals surface area contributed by atoms with Crippen LogP contribution in [0.5, 0.6) is 11.5 Å². The van der Waals surface area contributed by atoms with Gasteiger partial charge in [0.2, 0.25) is 0 Å². The third-order valence-electron chi connectivity index (χ3n) is 4.10. The highest BCUT2D eigenvalue weighted by Crippen LogP contribution is 2.34. The van der Waals surface area contributed by atoms with Crippen LogP contribution in [0.4, 0.5) is 5.69 Å². The molecule has 1 amide bonds. The smallest absolute Gasteiger partial charge is 0.284 e. The molecule has 2 aromatic rings. The Hall–Kier alpha value is -3.28.